The zero-order valence-corrected chi connectivity index (χ0v) is 10.4. The molecule has 0 aliphatic carbocycles. The summed E-state index contributed by atoms with van der Waals surface area (Å²) in [6, 6.07) is 4.34. The molecular weight excluding hydrogens is 225 g/mol. The van der Waals surface area contributed by atoms with E-state index in [2.05, 4.69) is 6.92 Å². The predicted octanol–water partition coefficient (Wildman–Crippen LogP) is 4.45. The Morgan fingerprint density at radius 2 is 2.06 bits per heavy atom. The van der Waals surface area contributed by atoms with Crippen LogP contribution in [0.15, 0.2) is 18.2 Å². The molecule has 1 aromatic rings. The molecule has 3 heteroatoms. The number of hydrogen-bond donors (Lipinski definition) is 1. The summed E-state index contributed by atoms with van der Waals surface area (Å²) >= 11 is 5.94. The lowest BCUT2D eigenvalue weighted by Crippen LogP contribution is -2.10. The van der Waals surface area contributed by atoms with E-state index in [9.17, 15) is 4.39 Å². The lowest BCUT2D eigenvalue weighted by molar-refractivity contribution is 0.564. The van der Waals surface area contributed by atoms with E-state index >= 15 is 0 Å². The van der Waals surface area contributed by atoms with Gasteiger partial charge in [0.25, 0.3) is 0 Å². The Kier molecular flexibility index (Phi) is 5.78. The molecule has 0 aliphatic rings. The second kappa shape index (κ2) is 6.87. The molecule has 1 unspecified atom stereocenters. The molecule has 16 heavy (non-hydrogen) atoms. The van der Waals surface area contributed by atoms with Crippen molar-refractivity contribution in [2.75, 3.05) is 0 Å². The van der Waals surface area contributed by atoms with Crippen molar-refractivity contribution in [2.24, 2.45) is 5.73 Å². The molecule has 0 radical (unpaired) electrons. The monoisotopic (exact) mass is 243 g/mol. The van der Waals surface area contributed by atoms with Crippen molar-refractivity contribution in [3.05, 3.63) is 34.6 Å². The van der Waals surface area contributed by atoms with Gasteiger partial charge in [0.15, 0.2) is 0 Å². The van der Waals surface area contributed by atoms with Crippen LogP contribution >= 0.6 is 11.6 Å². The van der Waals surface area contributed by atoms with Gasteiger partial charge in [0.05, 0.1) is 0 Å². The first-order chi connectivity index (χ1) is 7.65. The van der Waals surface area contributed by atoms with Crippen LogP contribution in [0.3, 0.4) is 0 Å². The maximum absolute atomic E-state index is 12.8. The van der Waals surface area contributed by atoms with E-state index in [0.29, 0.717) is 5.02 Å². The summed E-state index contributed by atoms with van der Waals surface area (Å²) in [5.41, 5.74) is 6.87. The van der Waals surface area contributed by atoms with Gasteiger partial charge in [0.1, 0.15) is 5.82 Å². The molecule has 1 aromatic carbocycles. The van der Waals surface area contributed by atoms with Gasteiger partial charge < -0.3 is 5.73 Å². The van der Waals surface area contributed by atoms with E-state index in [1.165, 1.54) is 31.4 Å². The Bertz CT molecular complexity index is 328. The highest BCUT2D eigenvalue weighted by Gasteiger charge is 2.10. The minimum Gasteiger partial charge on any atom is -0.324 e. The molecule has 1 atom stereocenters. The van der Waals surface area contributed by atoms with Crippen LogP contribution in [-0.4, -0.2) is 0 Å². The first-order valence-electron chi connectivity index (χ1n) is 5.85. The Morgan fingerprint density at radius 1 is 1.31 bits per heavy atom. The minimum absolute atomic E-state index is 0.0787. The SMILES string of the molecule is CCCCCCC(N)c1ccc(F)cc1Cl. The summed E-state index contributed by atoms with van der Waals surface area (Å²) in [6.07, 6.45) is 5.66. The first kappa shape index (κ1) is 13.5. The highest BCUT2D eigenvalue weighted by molar-refractivity contribution is 6.31. The van der Waals surface area contributed by atoms with Crippen LogP contribution in [0.25, 0.3) is 0 Å². The van der Waals surface area contributed by atoms with E-state index < -0.39 is 0 Å². The van der Waals surface area contributed by atoms with Gasteiger partial charge in [-0.2, -0.15) is 0 Å². The Balaban J connectivity index is 2.49. The van der Waals surface area contributed by atoms with E-state index in [0.717, 1.165) is 18.4 Å². The Labute approximate surface area is 102 Å². The normalized spacial score (nSPS) is 12.8. The average molecular weight is 244 g/mol. The highest BCUT2D eigenvalue weighted by Crippen LogP contribution is 2.25. The van der Waals surface area contributed by atoms with E-state index in [1.54, 1.807) is 6.07 Å². The molecule has 0 amide bonds. The average Bonchev–Trinajstić information content (AvgIpc) is 2.24. The quantitative estimate of drug-likeness (QED) is 0.734. The molecule has 1 nitrogen and oxygen atoms in total. The second-order valence-electron chi connectivity index (χ2n) is 4.12. The smallest absolute Gasteiger partial charge is 0.124 e. The van der Waals surface area contributed by atoms with E-state index in [1.807, 2.05) is 0 Å². The Hall–Kier alpha value is -0.600. The van der Waals surface area contributed by atoms with Crippen molar-refractivity contribution in [1.29, 1.82) is 0 Å². The number of hydrogen-bond acceptors (Lipinski definition) is 1. The Morgan fingerprint density at radius 3 is 2.69 bits per heavy atom. The summed E-state index contributed by atoms with van der Waals surface area (Å²) in [7, 11) is 0. The third-order valence-electron chi connectivity index (χ3n) is 2.73. The molecule has 0 aromatic heterocycles. The van der Waals surface area contributed by atoms with Crippen molar-refractivity contribution >= 4 is 11.6 Å². The van der Waals surface area contributed by atoms with Gasteiger partial charge in [-0.1, -0.05) is 50.3 Å². The molecule has 0 saturated carbocycles. The molecule has 1 rings (SSSR count). The van der Waals surface area contributed by atoms with Gasteiger partial charge in [0.2, 0.25) is 0 Å². The molecular formula is C13H19ClFN. The summed E-state index contributed by atoms with van der Waals surface area (Å²) < 4.78 is 12.8. The molecule has 0 aliphatic heterocycles. The lowest BCUT2D eigenvalue weighted by atomic mass is 10.0. The first-order valence-corrected chi connectivity index (χ1v) is 6.23. The third-order valence-corrected chi connectivity index (χ3v) is 3.06. The van der Waals surface area contributed by atoms with Crippen LogP contribution in [0.1, 0.15) is 50.6 Å². The van der Waals surface area contributed by atoms with Crippen molar-refractivity contribution in [3.63, 3.8) is 0 Å². The summed E-state index contributed by atoms with van der Waals surface area (Å²) in [6.45, 7) is 2.18. The standard InChI is InChI=1S/C13H19ClFN/c1-2-3-4-5-6-13(16)11-8-7-10(15)9-12(11)14/h7-9,13H,2-6,16H2,1H3. The lowest BCUT2D eigenvalue weighted by Gasteiger charge is -2.13. The minimum atomic E-state index is -0.313. The maximum Gasteiger partial charge on any atom is 0.124 e. The molecule has 0 saturated heterocycles. The zero-order valence-electron chi connectivity index (χ0n) is 9.68. The highest BCUT2D eigenvalue weighted by atomic mass is 35.5. The largest absolute Gasteiger partial charge is 0.324 e. The fourth-order valence-corrected chi connectivity index (χ4v) is 2.06. The van der Waals surface area contributed by atoms with Crippen molar-refractivity contribution in [1.82, 2.24) is 0 Å². The van der Waals surface area contributed by atoms with E-state index in [-0.39, 0.29) is 11.9 Å². The van der Waals surface area contributed by atoms with Gasteiger partial charge in [-0.05, 0) is 24.1 Å². The number of nitrogens with two attached hydrogens (primary N) is 1. The van der Waals surface area contributed by atoms with Gasteiger partial charge in [-0.15, -0.1) is 0 Å². The van der Waals surface area contributed by atoms with Crippen LogP contribution in [0.2, 0.25) is 5.02 Å². The van der Waals surface area contributed by atoms with Crippen LogP contribution in [0.4, 0.5) is 4.39 Å². The topological polar surface area (TPSA) is 26.0 Å². The fourth-order valence-electron chi connectivity index (χ4n) is 1.75. The molecule has 90 valence electrons. The van der Waals surface area contributed by atoms with Crippen molar-refractivity contribution < 1.29 is 4.39 Å². The van der Waals surface area contributed by atoms with Crippen LogP contribution in [0.5, 0.6) is 0 Å². The number of benzene rings is 1. The fraction of sp³-hybridized carbons (Fsp3) is 0.538. The van der Waals surface area contributed by atoms with Crippen LogP contribution in [-0.2, 0) is 0 Å². The van der Waals surface area contributed by atoms with Gasteiger partial charge >= 0.3 is 0 Å². The van der Waals surface area contributed by atoms with Crippen LogP contribution < -0.4 is 5.73 Å². The molecule has 0 fully saturated rings. The summed E-state index contributed by atoms with van der Waals surface area (Å²) in [4.78, 5) is 0. The molecule has 0 bridgehead atoms. The molecule has 0 spiro atoms. The van der Waals surface area contributed by atoms with Gasteiger partial charge in [-0.3, -0.25) is 0 Å². The second-order valence-corrected chi connectivity index (χ2v) is 4.53. The van der Waals surface area contributed by atoms with Crippen molar-refractivity contribution in [3.8, 4) is 0 Å². The maximum atomic E-state index is 12.8. The number of unbranched alkanes of at least 4 members (excludes halogenated alkanes) is 3. The molecule has 0 heterocycles. The van der Waals surface area contributed by atoms with Gasteiger partial charge in [0, 0.05) is 11.1 Å². The summed E-state index contributed by atoms with van der Waals surface area (Å²) in [5.74, 6) is -0.313. The third kappa shape index (κ3) is 4.11. The number of halogens is 2. The predicted molar refractivity (Wildman–Crippen MR) is 67.1 cm³/mol. The van der Waals surface area contributed by atoms with Crippen molar-refractivity contribution in [2.45, 2.75) is 45.1 Å². The number of rotatable bonds is 6. The molecule has 2 N–H and O–H groups in total. The summed E-state index contributed by atoms with van der Waals surface area (Å²) in [5, 5.41) is 0.433. The van der Waals surface area contributed by atoms with E-state index in [4.69, 9.17) is 17.3 Å². The van der Waals surface area contributed by atoms with Crippen LogP contribution in [0, 0.1) is 5.82 Å². The zero-order chi connectivity index (χ0) is 12.0. The van der Waals surface area contributed by atoms with Gasteiger partial charge in [-0.25, -0.2) is 4.39 Å².